The summed E-state index contributed by atoms with van der Waals surface area (Å²) in [6.07, 6.45) is 6.61. The molecule has 2 aromatic carbocycles. The molecule has 1 heteroatoms. The lowest BCUT2D eigenvalue weighted by Crippen LogP contribution is -2.10. The minimum atomic E-state index is 0.171. The second kappa shape index (κ2) is 7.93. The van der Waals surface area contributed by atoms with Crippen molar-refractivity contribution >= 4 is 21.8 Å². The number of aromatic nitrogens is 1. The summed E-state index contributed by atoms with van der Waals surface area (Å²) in [5.41, 5.74) is 5.97. The highest BCUT2D eigenvalue weighted by molar-refractivity contribution is 6.08. The molecule has 0 amide bonds. The van der Waals surface area contributed by atoms with Gasteiger partial charge in [0.25, 0.3) is 0 Å². The van der Waals surface area contributed by atoms with E-state index in [0.29, 0.717) is 0 Å². The molecule has 28 heavy (non-hydrogen) atoms. The summed E-state index contributed by atoms with van der Waals surface area (Å²) in [7, 11) is 0. The predicted molar refractivity (Wildman–Crippen MR) is 126 cm³/mol. The SMILES string of the molecule is CCCCCCCn1c2ccc(C(C)(C)C)cc2c2cc(C(C)(C)C)ccc21. The molecule has 0 saturated heterocycles. The van der Waals surface area contributed by atoms with Crippen molar-refractivity contribution in [2.45, 2.75) is 97.9 Å². The lowest BCUT2D eigenvalue weighted by Gasteiger charge is -2.19. The van der Waals surface area contributed by atoms with Crippen LogP contribution in [0.5, 0.6) is 0 Å². The smallest absolute Gasteiger partial charge is 0.0491 e. The van der Waals surface area contributed by atoms with Gasteiger partial charge in [0.15, 0.2) is 0 Å². The lowest BCUT2D eigenvalue weighted by molar-refractivity contribution is 0.582. The van der Waals surface area contributed by atoms with Gasteiger partial charge in [-0.15, -0.1) is 0 Å². The van der Waals surface area contributed by atoms with Crippen molar-refractivity contribution < 1.29 is 0 Å². The summed E-state index contributed by atoms with van der Waals surface area (Å²) in [5, 5.41) is 2.84. The molecule has 0 aliphatic carbocycles. The molecule has 0 atom stereocenters. The Morgan fingerprint density at radius 3 is 1.54 bits per heavy atom. The van der Waals surface area contributed by atoms with Gasteiger partial charge < -0.3 is 4.57 Å². The molecule has 0 N–H and O–H groups in total. The number of fused-ring (bicyclic) bond motifs is 3. The van der Waals surface area contributed by atoms with Gasteiger partial charge in [0, 0.05) is 28.4 Å². The number of hydrogen-bond acceptors (Lipinski definition) is 0. The summed E-state index contributed by atoms with van der Waals surface area (Å²) in [5.74, 6) is 0. The summed E-state index contributed by atoms with van der Waals surface area (Å²) < 4.78 is 2.56. The molecule has 3 aromatic rings. The van der Waals surface area contributed by atoms with Crippen LogP contribution >= 0.6 is 0 Å². The van der Waals surface area contributed by atoms with Crippen molar-refractivity contribution in [2.24, 2.45) is 0 Å². The molecular weight excluding hydrogens is 338 g/mol. The molecule has 0 bridgehead atoms. The fraction of sp³-hybridized carbons (Fsp3) is 0.556. The van der Waals surface area contributed by atoms with Crippen molar-refractivity contribution in [1.29, 1.82) is 0 Å². The highest BCUT2D eigenvalue weighted by Gasteiger charge is 2.19. The van der Waals surface area contributed by atoms with Gasteiger partial charge in [0.05, 0.1) is 0 Å². The Balaban J connectivity index is 2.12. The van der Waals surface area contributed by atoms with E-state index < -0.39 is 0 Å². The fourth-order valence-electron chi connectivity index (χ4n) is 4.15. The first-order valence-electron chi connectivity index (χ1n) is 11.2. The second-order valence-electron chi connectivity index (χ2n) is 10.5. The first-order valence-corrected chi connectivity index (χ1v) is 11.2. The molecule has 0 fully saturated rings. The fourth-order valence-corrected chi connectivity index (χ4v) is 4.15. The van der Waals surface area contributed by atoms with Crippen LogP contribution in [0, 0.1) is 0 Å². The predicted octanol–water partition coefficient (Wildman–Crippen LogP) is 8.36. The van der Waals surface area contributed by atoms with E-state index in [2.05, 4.69) is 89.4 Å². The lowest BCUT2D eigenvalue weighted by atomic mass is 9.85. The van der Waals surface area contributed by atoms with Crippen molar-refractivity contribution in [3.8, 4) is 0 Å². The number of hydrogen-bond donors (Lipinski definition) is 0. The molecular formula is C27H39N. The van der Waals surface area contributed by atoms with Crippen LogP contribution in [-0.4, -0.2) is 4.57 Å². The van der Waals surface area contributed by atoms with Gasteiger partial charge in [0.1, 0.15) is 0 Å². The maximum absolute atomic E-state index is 2.56. The Bertz CT molecular complexity index is 873. The van der Waals surface area contributed by atoms with Gasteiger partial charge in [-0.2, -0.15) is 0 Å². The van der Waals surface area contributed by atoms with Crippen LogP contribution in [0.3, 0.4) is 0 Å². The Morgan fingerprint density at radius 2 is 1.11 bits per heavy atom. The summed E-state index contributed by atoms with van der Waals surface area (Å²) >= 11 is 0. The van der Waals surface area contributed by atoms with E-state index in [4.69, 9.17) is 0 Å². The van der Waals surface area contributed by atoms with Gasteiger partial charge in [-0.3, -0.25) is 0 Å². The van der Waals surface area contributed by atoms with E-state index in [9.17, 15) is 0 Å². The number of nitrogens with zero attached hydrogens (tertiary/aromatic N) is 1. The highest BCUT2D eigenvalue weighted by atomic mass is 15.0. The first kappa shape index (κ1) is 21.0. The van der Waals surface area contributed by atoms with Gasteiger partial charge in [-0.1, -0.05) is 86.3 Å². The van der Waals surface area contributed by atoms with Gasteiger partial charge in [-0.25, -0.2) is 0 Å². The molecule has 0 unspecified atom stereocenters. The average Bonchev–Trinajstić information content (AvgIpc) is 2.93. The quantitative estimate of drug-likeness (QED) is 0.380. The van der Waals surface area contributed by atoms with Crippen LogP contribution < -0.4 is 0 Å². The number of unbranched alkanes of at least 4 members (excludes halogenated alkanes) is 4. The molecule has 3 rings (SSSR count). The Hall–Kier alpha value is -1.76. The maximum atomic E-state index is 2.56. The number of rotatable bonds is 6. The maximum Gasteiger partial charge on any atom is 0.0491 e. The van der Waals surface area contributed by atoms with Crippen molar-refractivity contribution in [3.05, 3.63) is 47.5 Å². The van der Waals surface area contributed by atoms with E-state index in [1.165, 1.54) is 65.0 Å². The monoisotopic (exact) mass is 377 g/mol. The van der Waals surface area contributed by atoms with Crippen LogP contribution in [0.25, 0.3) is 21.8 Å². The number of aryl methyl sites for hydroxylation is 1. The average molecular weight is 378 g/mol. The summed E-state index contributed by atoms with van der Waals surface area (Å²) in [4.78, 5) is 0. The van der Waals surface area contributed by atoms with Crippen molar-refractivity contribution in [1.82, 2.24) is 4.57 Å². The minimum Gasteiger partial charge on any atom is -0.340 e. The van der Waals surface area contributed by atoms with Gasteiger partial charge in [-0.05, 0) is 52.6 Å². The van der Waals surface area contributed by atoms with E-state index in [1.54, 1.807) is 0 Å². The van der Waals surface area contributed by atoms with Crippen molar-refractivity contribution in [2.75, 3.05) is 0 Å². The Morgan fingerprint density at radius 1 is 0.643 bits per heavy atom. The molecule has 1 heterocycles. The Labute approximate surface area is 172 Å². The topological polar surface area (TPSA) is 4.93 Å². The minimum absolute atomic E-state index is 0.171. The van der Waals surface area contributed by atoms with E-state index in [-0.39, 0.29) is 10.8 Å². The molecule has 152 valence electrons. The largest absolute Gasteiger partial charge is 0.340 e. The zero-order valence-corrected chi connectivity index (χ0v) is 19.2. The molecule has 0 radical (unpaired) electrons. The molecule has 0 spiro atoms. The third-order valence-electron chi connectivity index (χ3n) is 6.08. The van der Waals surface area contributed by atoms with E-state index in [1.807, 2.05) is 0 Å². The molecule has 1 nitrogen and oxygen atoms in total. The van der Waals surface area contributed by atoms with E-state index >= 15 is 0 Å². The van der Waals surface area contributed by atoms with Crippen LogP contribution in [0.4, 0.5) is 0 Å². The number of benzene rings is 2. The molecule has 0 aliphatic rings. The van der Waals surface area contributed by atoms with Crippen LogP contribution in [0.1, 0.15) is 91.7 Å². The molecule has 0 saturated carbocycles. The van der Waals surface area contributed by atoms with Crippen LogP contribution in [0.15, 0.2) is 36.4 Å². The van der Waals surface area contributed by atoms with Gasteiger partial charge in [0.2, 0.25) is 0 Å². The third-order valence-corrected chi connectivity index (χ3v) is 6.08. The highest BCUT2D eigenvalue weighted by Crippen LogP contribution is 2.36. The molecule has 1 aromatic heterocycles. The van der Waals surface area contributed by atoms with Crippen molar-refractivity contribution in [3.63, 3.8) is 0 Å². The third kappa shape index (κ3) is 4.29. The van der Waals surface area contributed by atoms with Gasteiger partial charge >= 0.3 is 0 Å². The summed E-state index contributed by atoms with van der Waals surface area (Å²) in [6.45, 7) is 17.2. The molecule has 0 aliphatic heterocycles. The second-order valence-corrected chi connectivity index (χ2v) is 10.5. The first-order chi connectivity index (χ1) is 13.1. The normalized spacial score (nSPS) is 13.0. The van der Waals surface area contributed by atoms with E-state index in [0.717, 1.165) is 6.54 Å². The zero-order chi connectivity index (χ0) is 20.5. The summed E-state index contributed by atoms with van der Waals surface area (Å²) in [6, 6.07) is 14.3. The zero-order valence-electron chi connectivity index (χ0n) is 19.2. The van der Waals surface area contributed by atoms with Crippen LogP contribution in [-0.2, 0) is 17.4 Å². The standard InChI is InChI=1S/C27H39N/c1-8-9-10-11-12-17-28-24-15-13-20(26(2,3)4)18-22(24)23-19-21(27(5,6)7)14-16-25(23)28/h13-16,18-19H,8-12,17H2,1-7H3. The Kier molecular flexibility index (Phi) is 5.94. The van der Waals surface area contributed by atoms with Crippen LogP contribution in [0.2, 0.25) is 0 Å².